The molecule has 0 bridgehead atoms. The molecule has 114 valence electrons. The van der Waals surface area contributed by atoms with E-state index in [-0.39, 0.29) is 5.78 Å². The van der Waals surface area contributed by atoms with Crippen LogP contribution in [-0.2, 0) is 0 Å². The molecular formula is C17H21Cl2NO. The quantitative estimate of drug-likeness (QED) is 0.741. The topological polar surface area (TPSA) is 20.3 Å². The first-order chi connectivity index (χ1) is 10.1. The Morgan fingerprint density at radius 3 is 2.43 bits per heavy atom. The summed E-state index contributed by atoms with van der Waals surface area (Å²) in [6.07, 6.45) is 8.02. The molecule has 2 nitrogen and oxygen atoms in total. The van der Waals surface area contributed by atoms with Crippen LogP contribution in [0.3, 0.4) is 0 Å². The second kappa shape index (κ2) is 6.28. The van der Waals surface area contributed by atoms with Crippen LogP contribution in [0, 0.1) is 5.41 Å². The van der Waals surface area contributed by atoms with Gasteiger partial charge in [-0.15, -0.1) is 0 Å². The predicted molar refractivity (Wildman–Crippen MR) is 87.4 cm³/mol. The van der Waals surface area contributed by atoms with Crippen LogP contribution in [0.15, 0.2) is 18.2 Å². The highest BCUT2D eigenvalue weighted by molar-refractivity contribution is 6.36. The van der Waals surface area contributed by atoms with Gasteiger partial charge in [-0.2, -0.15) is 0 Å². The maximum absolute atomic E-state index is 12.4. The largest absolute Gasteiger partial charge is 0.296 e. The van der Waals surface area contributed by atoms with Crippen molar-refractivity contribution in [2.75, 3.05) is 19.6 Å². The van der Waals surface area contributed by atoms with Gasteiger partial charge in [-0.25, -0.2) is 0 Å². The summed E-state index contributed by atoms with van der Waals surface area (Å²) in [5, 5.41) is 1.06. The molecular weight excluding hydrogens is 305 g/mol. The summed E-state index contributed by atoms with van der Waals surface area (Å²) < 4.78 is 0. The minimum atomic E-state index is 0.0740. The van der Waals surface area contributed by atoms with Crippen LogP contribution in [0.5, 0.6) is 0 Å². The molecule has 1 saturated carbocycles. The lowest BCUT2D eigenvalue weighted by Crippen LogP contribution is -2.41. The third-order valence-corrected chi connectivity index (χ3v) is 5.74. The van der Waals surface area contributed by atoms with E-state index in [0.717, 1.165) is 13.1 Å². The molecule has 0 radical (unpaired) electrons. The Hall–Kier alpha value is -0.570. The number of benzene rings is 1. The minimum Gasteiger partial charge on any atom is -0.296 e. The molecule has 1 aromatic rings. The van der Waals surface area contributed by atoms with Gasteiger partial charge in [0.2, 0.25) is 0 Å². The molecule has 3 rings (SSSR count). The van der Waals surface area contributed by atoms with Gasteiger partial charge in [0.05, 0.1) is 11.6 Å². The van der Waals surface area contributed by atoms with E-state index in [4.69, 9.17) is 23.2 Å². The van der Waals surface area contributed by atoms with Crippen molar-refractivity contribution in [1.29, 1.82) is 0 Å². The van der Waals surface area contributed by atoms with Crippen molar-refractivity contribution in [3.8, 4) is 0 Å². The second-order valence-electron chi connectivity index (χ2n) is 6.53. The van der Waals surface area contributed by atoms with E-state index in [0.29, 0.717) is 27.6 Å². The second-order valence-corrected chi connectivity index (χ2v) is 7.37. The van der Waals surface area contributed by atoms with Crippen molar-refractivity contribution in [2.45, 2.75) is 38.5 Å². The Kier molecular flexibility index (Phi) is 4.58. The Labute approximate surface area is 136 Å². The first kappa shape index (κ1) is 15.3. The fourth-order valence-corrected chi connectivity index (χ4v) is 4.20. The lowest BCUT2D eigenvalue weighted by Gasteiger charge is -2.39. The molecule has 0 unspecified atom stereocenters. The zero-order valence-electron chi connectivity index (χ0n) is 12.2. The molecule has 1 aliphatic heterocycles. The maximum Gasteiger partial charge on any atom is 0.178 e. The smallest absolute Gasteiger partial charge is 0.178 e. The van der Waals surface area contributed by atoms with Gasteiger partial charge in [-0.1, -0.05) is 36.0 Å². The van der Waals surface area contributed by atoms with Crippen molar-refractivity contribution in [1.82, 2.24) is 4.90 Å². The summed E-state index contributed by atoms with van der Waals surface area (Å²) in [6, 6.07) is 5.08. The number of carbonyl (C=O) groups excluding carboxylic acids is 1. The highest BCUT2D eigenvalue weighted by Crippen LogP contribution is 2.46. The third kappa shape index (κ3) is 3.44. The number of carbonyl (C=O) groups is 1. The van der Waals surface area contributed by atoms with Crippen LogP contribution in [0.1, 0.15) is 48.9 Å². The van der Waals surface area contributed by atoms with Crippen LogP contribution >= 0.6 is 23.2 Å². The summed E-state index contributed by atoms with van der Waals surface area (Å²) >= 11 is 12.1. The Balaban J connectivity index is 1.60. The maximum atomic E-state index is 12.4. The molecule has 2 fully saturated rings. The number of hydrogen-bond acceptors (Lipinski definition) is 2. The van der Waals surface area contributed by atoms with Crippen molar-refractivity contribution in [2.24, 2.45) is 5.41 Å². The number of likely N-dealkylation sites (tertiary alicyclic amines) is 1. The molecule has 1 saturated heterocycles. The highest BCUT2D eigenvalue weighted by atomic mass is 35.5. The average Bonchev–Trinajstić information content (AvgIpc) is 2.93. The summed E-state index contributed by atoms with van der Waals surface area (Å²) in [7, 11) is 0. The summed E-state index contributed by atoms with van der Waals surface area (Å²) in [5.41, 5.74) is 1.14. The van der Waals surface area contributed by atoms with Gasteiger partial charge in [0.25, 0.3) is 0 Å². The van der Waals surface area contributed by atoms with Crippen molar-refractivity contribution >= 4 is 29.0 Å². The summed E-state index contributed by atoms with van der Waals surface area (Å²) in [4.78, 5) is 14.7. The van der Waals surface area contributed by atoms with Gasteiger partial charge in [0.1, 0.15) is 0 Å². The molecule has 0 amide bonds. The van der Waals surface area contributed by atoms with Crippen molar-refractivity contribution in [3.05, 3.63) is 33.8 Å². The molecule has 4 heteroatoms. The van der Waals surface area contributed by atoms with Crippen LogP contribution in [0.2, 0.25) is 10.0 Å². The SMILES string of the molecule is O=C(CN1CCC2(CCCC2)CC1)c1cc(Cl)ccc1Cl. The van der Waals surface area contributed by atoms with Crippen LogP contribution in [-0.4, -0.2) is 30.3 Å². The van der Waals surface area contributed by atoms with Gasteiger partial charge in [0.15, 0.2) is 5.78 Å². The molecule has 1 aromatic carbocycles. The fraction of sp³-hybridized carbons (Fsp3) is 0.588. The van der Waals surface area contributed by atoms with Gasteiger partial charge in [-0.3, -0.25) is 9.69 Å². The van der Waals surface area contributed by atoms with Crippen LogP contribution in [0.25, 0.3) is 0 Å². The zero-order chi connectivity index (χ0) is 14.9. The highest BCUT2D eigenvalue weighted by Gasteiger charge is 2.37. The lowest BCUT2D eigenvalue weighted by atomic mass is 9.77. The van der Waals surface area contributed by atoms with Gasteiger partial charge in [-0.05, 0) is 62.4 Å². The van der Waals surface area contributed by atoms with Gasteiger partial charge < -0.3 is 0 Å². The van der Waals surface area contributed by atoms with E-state index >= 15 is 0 Å². The van der Waals surface area contributed by atoms with Gasteiger partial charge in [0, 0.05) is 10.6 Å². The monoisotopic (exact) mass is 325 g/mol. The molecule has 1 spiro atoms. The van der Waals surface area contributed by atoms with Crippen LogP contribution in [0.4, 0.5) is 0 Å². The first-order valence-electron chi connectivity index (χ1n) is 7.79. The number of ketones is 1. The van der Waals surface area contributed by atoms with Gasteiger partial charge >= 0.3 is 0 Å². The Morgan fingerprint density at radius 1 is 1.10 bits per heavy atom. The summed E-state index contributed by atoms with van der Waals surface area (Å²) in [5.74, 6) is 0.0740. The standard InChI is InChI=1S/C17H21Cl2NO/c18-13-3-4-15(19)14(11-13)16(21)12-20-9-7-17(8-10-20)5-1-2-6-17/h3-4,11H,1-2,5-10,12H2. The molecule has 2 aliphatic rings. The summed E-state index contributed by atoms with van der Waals surface area (Å²) in [6.45, 7) is 2.52. The van der Waals surface area contributed by atoms with E-state index in [1.54, 1.807) is 18.2 Å². The average molecular weight is 326 g/mol. The molecule has 0 N–H and O–H groups in total. The van der Waals surface area contributed by atoms with E-state index in [2.05, 4.69) is 4.90 Å². The third-order valence-electron chi connectivity index (χ3n) is 5.18. The Bertz CT molecular complexity index is 528. The van der Waals surface area contributed by atoms with E-state index in [1.807, 2.05) is 0 Å². The van der Waals surface area contributed by atoms with E-state index in [9.17, 15) is 4.79 Å². The minimum absolute atomic E-state index is 0.0740. The predicted octanol–water partition coefficient (Wildman–Crippen LogP) is 4.83. The molecule has 1 aliphatic carbocycles. The Morgan fingerprint density at radius 2 is 1.76 bits per heavy atom. The first-order valence-corrected chi connectivity index (χ1v) is 8.54. The molecule has 21 heavy (non-hydrogen) atoms. The number of hydrogen-bond donors (Lipinski definition) is 0. The van der Waals surface area contributed by atoms with Crippen LogP contribution < -0.4 is 0 Å². The molecule has 0 atom stereocenters. The normalized spacial score (nSPS) is 21.8. The molecule has 0 aromatic heterocycles. The number of nitrogens with zero attached hydrogens (tertiary/aromatic N) is 1. The number of halogens is 2. The van der Waals surface area contributed by atoms with Crippen molar-refractivity contribution < 1.29 is 4.79 Å². The fourth-order valence-electron chi connectivity index (χ4n) is 3.81. The number of rotatable bonds is 3. The lowest BCUT2D eigenvalue weighted by molar-refractivity contribution is 0.0797. The number of piperidine rings is 1. The van der Waals surface area contributed by atoms with E-state index in [1.165, 1.54) is 38.5 Å². The van der Waals surface area contributed by atoms with Crippen molar-refractivity contribution in [3.63, 3.8) is 0 Å². The number of Topliss-reactive ketones (excluding diaryl/α,β-unsaturated/α-hetero) is 1. The van der Waals surface area contributed by atoms with E-state index < -0.39 is 0 Å². The molecule has 1 heterocycles. The zero-order valence-corrected chi connectivity index (χ0v) is 13.7.